The molecule has 2 fully saturated rings. The zero-order chi connectivity index (χ0) is 13.3. The van der Waals surface area contributed by atoms with Gasteiger partial charge < -0.3 is 4.90 Å². The van der Waals surface area contributed by atoms with E-state index < -0.39 is 0 Å². The third-order valence-corrected chi connectivity index (χ3v) is 6.21. The molecule has 1 aliphatic heterocycles. The summed E-state index contributed by atoms with van der Waals surface area (Å²) in [6.07, 6.45) is 7.28. The van der Waals surface area contributed by atoms with E-state index in [1.54, 1.807) is 0 Å². The van der Waals surface area contributed by atoms with Gasteiger partial charge in [-0.2, -0.15) is 11.8 Å². The molecule has 0 radical (unpaired) electrons. The van der Waals surface area contributed by atoms with E-state index in [0.717, 1.165) is 13.0 Å². The van der Waals surface area contributed by atoms with Crippen molar-refractivity contribution < 1.29 is 4.79 Å². The normalized spacial score (nSPS) is 32.4. The maximum atomic E-state index is 12.5. The van der Waals surface area contributed by atoms with Gasteiger partial charge in [-0.1, -0.05) is 26.7 Å². The molecule has 1 aliphatic carbocycles. The lowest BCUT2D eigenvalue weighted by Crippen LogP contribution is -2.49. The molecule has 0 aromatic heterocycles. The molecule has 2 aliphatic rings. The van der Waals surface area contributed by atoms with E-state index in [9.17, 15) is 4.79 Å². The van der Waals surface area contributed by atoms with Crippen molar-refractivity contribution in [2.75, 3.05) is 12.8 Å². The number of thioether (sulfide) groups is 1. The number of rotatable bonds is 5. The highest BCUT2D eigenvalue weighted by atomic mass is 32.2. The molecule has 4 heteroatoms. The Morgan fingerprint density at radius 3 is 2.67 bits per heavy atom. The number of nitrogens with one attached hydrogen (secondary N) is 1. The van der Waals surface area contributed by atoms with Gasteiger partial charge in [0, 0.05) is 11.3 Å². The number of amides is 1. The van der Waals surface area contributed by atoms with Crippen molar-refractivity contribution in [3.8, 4) is 0 Å². The second-order valence-electron chi connectivity index (χ2n) is 5.91. The van der Waals surface area contributed by atoms with E-state index in [1.165, 1.54) is 19.3 Å². The van der Waals surface area contributed by atoms with Gasteiger partial charge in [0.05, 0.1) is 12.2 Å². The van der Waals surface area contributed by atoms with E-state index in [-0.39, 0.29) is 12.2 Å². The van der Waals surface area contributed by atoms with Crippen molar-refractivity contribution in [1.82, 2.24) is 10.2 Å². The lowest BCUT2D eigenvalue weighted by atomic mass is 9.83. The fourth-order valence-corrected chi connectivity index (χ4v) is 3.92. The highest BCUT2D eigenvalue weighted by Gasteiger charge is 2.45. The minimum absolute atomic E-state index is 0.0315. The first-order valence-corrected chi connectivity index (χ1v) is 8.37. The van der Waals surface area contributed by atoms with Gasteiger partial charge in [-0.05, 0) is 31.9 Å². The van der Waals surface area contributed by atoms with Crippen LogP contribution in [0.3, 0.4) is 0 Å². The highest BCUT2D eigenvalue weighted by Crippen LogP contribution is 2.44. The summed E-state index contributed by atoms with van der Waals surface area (Å²) in [4.78, 5) is 14.6. The van der Waals surface area contributed by atoms with Crippen molar-refractivity contribution in [3.63, 3.8) is 0 Å². The van der Waals surface area contributed by atoms with Crippen LogP contribution in [0.15, 0.2) is 0 Å². The minimum atomic E-state index is 0.0315. The van der Waals surface area contributed by atoms with E-state index in [2.05, 4.69) is 37.2 Å². The topological polar surface area (TPSA) is 32.3 Å². The van der Waals surface area contributed by atoms with Crippen LogP contribution in [0.4, 0.5) is 0 Å². The summed E-state index contributed by atoms with van der Waals surface area (Å²) in [6, 6.07) is 0.0315. The van der Waals surface area contributed by atoms with Crippen LogP contribution in [0.2, 0.25) is 0 Å². The molecule has 3 unspecified atom stereocenters. The van der Waals surface area contributed by atoms with E-state index in [4.69, 9.17) is 0 Å². The smallest absolute Gasteiger partial charge is 0.241 e. The third-order valence-electron chi connectivity index (χ3n) is 4.81. The van der Waals surface area contributed by atoms with Crippen LogP contribution in [0.5, 0.6) is 0 Å². The van der Waals surface area contributed by atoms with Crippen LogP contribution in [-0.4, -0.2) is 40.6 Å². The average molecular weight is 270 g/mol. The zero-order valence-electron chi connectivity index (χ0n) is 12.0. The van der Waals surface area contributed by atoms with Crippen LogP contribution < -0.4 is 5.32 Å². The molecule has 104 valence electrons. The Morgan fingerprint density at radius 2 is 2.22 bits per heavy atom. The molecule has 0 spiro atoms. The Labute approximate surface area is 115 Å². The molecule has 1 N–H and O–H groups in total. The van der Waals surface area contributed by atoms with Gasteiger partial charge in [-0.3, -0.25) is 10.1 Å². The molecular formula is C14H26N2OS. The number of nitrogens with zero attached hydrogens (tertiary/aromatic N) is 1. The molecule has 1 amide bonds. The molecule has 0 bridgehead atoms. The van der Waals surface area contributed by atoms with Gasteiger partial charge in [-0.25, -0.2) is 0 Å². The van der Waals surface area contributed by atoms with E-state index in [0.29, 0.717) is 16.6 Å². The first kappa shape index (κ1) is 14.2. The lowest BCUT2D eigenvalue weighted by molar-refractivity contribution is -0.131. The van der Waals surface area contributed by atoms with Gasteiger partial charge in [0.2, 0.25) is 5.91 Å². The molecule has 1 saturated heterocycles. The Hall–Kier alpha value is -0.220. The number of carbonyl (C=O) groups excluding carboxylic acids is 1. The van der Waals surface area contributed by atoms with Crippen LogP contribution >= 0.6 is 11.8 Å². The molecule has 1 saturated carbocycles. The minimum Gasteiger partial charge on any atom is -0.325 e. The predicted molar refractivity (Wildman–Crippen MR) is 77.7 cm³/mol. The molecule has 1 heterocycles. The van der Waals surface area contributed by atoms with Crippen LogP contribution in [0, 0.1) is 5.92 Å². The van der Waals surface area contributed by atoms with Gasteiger partial charge in [0.25, 0.3) is 0 Å². The zero-order valence-corrected chi connectivity index (χ0v) is 12.8. The standard InChI is InChI=1S/C14H26N2OS/c1-5-10(2)12-13(17)16(11(3)15-12)9-14(18-4)7-6-8-14/h10-12,15H,5-9H2,1-4H3. The Morgan fingerprint density at radius 1 is 1.56 bits per heavy atom. The fraction of sp³-hybridized carbons (Fsp3) is 0.929. The van der Waals surface area contributed by atoms with E-state index >= 15 is 0 Å². The molecule has 18 heavy (non-hydrogen) atoms. The van der Waals surface area contributed by atoms with Gasteiger partial charge in [-0.15, -0.1) is 0 Å². The van der Waals surface area contributed by atoms with Crippen molar-refractivity contribution in [2.24, 2.45) is 5.92 Å². The summed E-state index contributed by atoms with van der Waals surface area (Å²) >= 11 is 1.94. The quantitative estimate of drug-likeness (QED) is 0.833. The Balaban J connectivity index is 2.03. The Bertz CT molecular complexity index is 311. The lowest BCUT2D eigenvalue weighted by Gasteiger charge is -2.43. The summed E-state index contributed by atoms with van der Waals surface area (Å²) < 4.78 is 0.343. The molecule has 0 aromatic carbocycles. The summed E-state index contributed by atoms with van der Waals surface area (Å²) in [7, 11) is 0. The first-order chi connectivity index (χ1) is 8.53. The van der Waals surface area contributed by atoms with Crippen molar-refractivity contribution >= 4 is 17.7 Å². The molecule has 2 rings (SSSR count). The maximum absolute atomic E-state index is 12.5. The highest BCUT2D eigenvalue weighted by molar-refractivity contribution is 8.00. The van der Waals surface area contributed by atoms with Crippen LogP contribution in [-0.2, 0) is 4.79 Å². The van der Waals surface area contributed by atoms with Gasteiger partial charge >= 0.3 is 0 Å². The first-order valence-electron chi connectivity index (χ1n) is 7.14. The van der Waals surface area contributed by atoms with E-state index in [1.807, 2.05) is 11.8 Å². The number of carbonyl (C=O) groups is 1. The van der Waals surface area contributed by atoms with Crippen molar-refractivity contribution in [2.45, 2.75) is 63.4 Å². The molecule has 3 atom stereocenters. The van der Waals surface area contributed by atoms with Crippen molar-refractivity contribution in [1.29, 1.82) is 0 Å². The van der Waals surface area contributed by atoms with Gasteiger partial charge in [0.15, 0.2) is 0 Å². The fourth-order valence-electron chi connectivity index (χ4n) is 2.96. The van der Waals surface area contributed by atoms with Crippen LogP contribution in [0.25, 0.3) is 0 Å². The predicted octanol–water partition coefficient (Wildman–Crippen LogP) is 2.46. The summed E-state index contributed by atoms with van der Waals surface area (Å²) in [5.41, 5.74) is 0. The number of hydrogen-bond acceptors (Lipinski definition) is 3. The van der Waals surface area contributed by atoms with Crippen LogP contribution in [0.1, 0.15) is 46.5 Å². The summed E-state index contributed by atoms with van der Waals surface area (Å²) in [5, 5.41) is 3.47. The third kappa shape index (κ3) is 2.42. The van der Waals surface area contributed by atoms with Crippen molar-refractivity contribution in [3.05, 3.63) is 0 Å². The number of hydrogen-bond donors (Lipinski definition) is 1. The SMILES string of the molecule is CCC(C)C1NC(C)N(CC2(SC)CCC2)C1=O. The summed E-state index contributed by atoms with van der Waals surface area (Å²) in [6.45, 7) is 7.36. The largest absolute Gasteiger partial charge is 0.325 e. The molecule has 0 aromatic rings. The maximum Gasteiger partial charge on any atom is 0.241 e. The Kier molecular flexibility index (Phi) is 4.27. The van der Waals surface area contributed by atoms with Gasteiger partial charge in [0.1, 0.15) is 0 Å². The molecular weight excluding hydrogens is 244 g/mol. The monoisotopic (exact) mass is 270 g/mol. The average Bonchev–Trinajstić information content (AvgIpc) is 2.59. The summed E-state index contributed by atoms with van der Waals surface area (Å²) in [5.74, 6) is 0.744. The molecule has 3 nitrogen and oxygen atoms in total. The second kappa shape index (κ2) is 5.41. The second-order valence-corrected chi connectivity index (χ2v) is 7.19.